The Hall–Kier alpha value is -4.36. The van der Waals surface area contributed by atoms with Gasteiger partial charge in [-0.2, -0.15) is 0 Å². The molecule has 0 aliphatic carbocycles. The summed E-state index contributed by atoms with van der Waals surface area (Å²) in [6.07, 6.45) is 3.84. The number of aryl methyl sites for hydroxylation is 1. The molecule has 1 aliphatic heterocycles. The van der Waals surface area contributed by atoms with Gasteiger partial charge in [-0.1, -0.05) is 78.0 Å². The van der Waals surface area contributed by atoms with Gasteiger partial charge < -0.3 is 14.4 Å². The highest BCUT2D eigenvalue weighted by atomic mass is 32.2. The van der Waals surface area contributed by atoms with E-state index in [2.05, 4.69) is 27.8 Å². The summed E-state index contributed by atoms with van der Waals surface area (Å²) in [6.45, 7) is 4.43. The average Bonchev–Trinajstić information content (AvgIpc) is 3.42. The normalized spacial score (nSPS) is 15.5. The van der Waals surface area contributed by atoms with Crippen LogP contribution in [0.1, 0.15) is 34.0 Å². The van der Waals surface area contributed by atoms with Crippen LogP contribution < -0.4 is 0 Å². The number of thioether (sulfide) groups is 1. The Morgan fingerprint density at radius 1 is 1.00 bits per heavy atom. The van der Waals surface area contributed by atoms with Crippen molar-refractivity contribution in [1.82, 2.24) is 4.57 Å². The Labute approximate surface area is 225 Å². The molecule has 0 saturated carbocycles. The van der Waals surface area contributed by atoms with E-state index in [0.717, 1.165) is 33.8 Å². The largest absolute Gasteiger partial charge is 0.506 e. The van der Waals surface area contributed by atoms with Crippen LogP contribution in [-0.4, -0.2) is 33.2 Å². The highest BCUT2D eigenvalue weighted by Crippen LogP contribution is 2.40. The van der Waals surface area contributed by atoms with Gasteiger partial charge in [0.15, 0.2) is 0 Å². The minimum Gasteiger partial charge on any atom is -0.506 e. The lowest BCUT2D eigenvalue weighted by molar-refractivity contribution is -0.138. The summed E-state index contributed by atoms with van der Waals surface area (Å²) in [6, 6.07) is 25.2. The molecule has 0 unspecified atom stereocenters. The van der Waals surface area contributed by atoms with Gasteiger partial charge in [-0.15, -0.1) is 0 Å². The summed E-state index contributed by atoms with van der Waals surface area (Å²) in [5, 5.41) is 12.2. The van der Waals surface area contributed by atoms with Crippen LogP contribution in [-0.2, 0) is 16.1 Å². The number of carbonyl (C=O) groups excluding carboxylic acids is 2. The second-order valence-corrected chi connectivity index (χ2v) is 9.89. The van der Waals surface area contributed by atoms with Gasteiger partial charge in [-0.05, 0) is 43.7 Å². The zero-order valence-electron chi connectivity index (χ0n) is 21.0. The average molecular weight is 523 g/mol. The first-order chi connectivity index (χ1) is 18.4. The highest BCUT2D eigenvalue weighted by Gasteiger charge is 2.34. The molecule has 0 radical (unpaired) electrons. The SMILES string of the molecule is CCOC(=O)C1=C(O)/C(=C/c2cn(Cc3ccccc3)c3ccccc23)SC1=NC(=O)c1ccc(C)cc1. The maximum atomic E-state index is 12.9. The van der Waals surface area contributed by atoms with Crippen molar-refractivity contribution in [3.8, 4) is 0 Å². The Morgan fingerprint density at radius 3 is 2.45 bits per heavy atom. The summed E-state index contributed by atoms with van der Waals surface area (Å²) in [5.74, 6) is -1.46. The lowest BCUT2D eigenvalue weighted by Crippen LogP contribution is -2.14. The van der Waals surface area contributed by atoms with Gasteiger partial charge in [-0.25, -0.2) is 9.79 Å². The van der Waals surface area contributed by atoms with Gasteiger partial charge in [0.25, 0.3) is 5.91 Å². The maximum Gasteiger partial charge on any atom is 0.344 e. The molecule has 0 saturated heterocycles. The first-order valence-corrected chi connectivity index (χ1v) is 13.1. The zero-order chi connectivity index (χ0) is 26.6. The van der Waals surface area contributed by atoms with Crippen molar-refractivity contribution in [1.29, 1.82) is 0 Å². The third-order valence-electron chi connectivity index (χ3n) is 6.17. The van der Waals surface area contributed by atoms with E-state index in [1.807, 2.05) is 67.7 Å². The number of hydrogen-bond acceptors (Lipinski definition) is 5. The molecule has 1 N–H and O–H groups in total. The minimum absolute atomic E-state index is 0.100. The van der Waals surface area contributed by atoms with Crippen LogP contribution in [0.3, 0.4) is 0 Å². The standard InChI is InChI=1S/C31H26N2O4S/c1-3-37-31(36)27-28(34)26(38-30(27)32-29(35)22-15-13-20(2)14-16-22)17-23-19-33(18-21-9-5-4-6-10-21)25-12-8-7-11-24(23)25/h4-17,19,34H,3,18H2,1-2H3/b26-17-,32-30?. The fourth-order valence-electron chi connectivity index (χ4n) is 4.29. The number of rotatable bonds is 6. The molecule has 1 aromatic heterocycles. The number of ether oxygens (including phenoxy) is 1. The number of aromatic nitrogens is 1. The number of carbonyl (C=O) groups is 2. The topological polar surface area (TPSA) is 80.9 Å². The third kappa shape index (κ3) is 5.19. The number of benzene rings is 3. The van der Waals surface area contributed by atoms with Crippen LogP contribution >= 0.6 is 11.8 Å². The summed E-state index contributed by atoms with van der Waals surface area (Å²) in [5.41, 5.74) is 4.40. The van der Waals surface area contributed by atoms with Crippen LogP contribution in [0.4, 0.5) is 0 Å². The number of aliphatic hydroxyl groups is 1. The molecular formula is C31H26N2O4S. The predicted molar refractivity (Wildman–Crippen MR) is 152 cm³/mol. The minimum atomic E-state index is -0.720. The van der Waals surface area contributed by atoms with E-state index in [9.17, 15) is 14.7 Å². The molecule has 2 heterocycles. The van der Waals surface area contributed by atoms with Gasteiger partial charge in [0.05, 0.1) is 11.5 Å². The van der Waals surface area contributed by atoms with Crippen molar-refractivity contribution >= 4 is 45.7 Å². The molecule has 38 heavy (non-hydrogen) atoms. The number of esters is 1. The van der Waals surface area contributed by atoms with E-state index < -0.39 is 11.9 Å². The smallest absolute Gasteiger partial charge is 0.344 e. The van der Waals surface area contributed by atoms with E-state index >= 15 is 0 Å². The molecule has 6 nitrogen and oxygen atoms in total. The fourth-order valence-corrected chi connectivity index (χ4v) is 5.29. The lowest BCUT2D eigenvalue weighted by Gasteiger charge is -2.05. The molecule has 0 bridgehead atoms. The highest BCUT2D eigenvalue weighted by molar-refractivity contribution is 8.18. The van der Waals surface area contributed by atoms with Gasteiger partial charge in [0.2, 0.25) is 0 Å². The summed E-state index contributed by atoms with van der Waals surface area (Å²) in [7, 11) is 0. The van der Waals surface area contributed by atoms with Crippen molar-refractivity contribution in [2.24, 2.45) is 4.99 Å². The van der Waals surface area contributed by atoms with E-state index in [1.165, 1.54) is 5.56 Å². The Kier molecular flexibility index (Phi) is 7.29. The van der Waals surface area contributed by atoms with E-state index in [-0.39, 0.29) is 23.0 Å². The quantitative estimate of drug-likeness (QED) is 0.285. The van der Waals surface area contributed by atoms with Gasteiger partial charge in [0.1, 0.15) is 16.4 Å². The van der Waals surface area contributed by atoms with Crippen molar-refractivity contribution in [2.45, 2.75) is 20.4 Å². The third-order valence-corrected chi connectivity index (χ3v) is 7.19. The summed E-state index contributed by atoms with van der Waals surface area (Å²) in [4.78, 5) is 30.3. The summed E-state index contributed by atoms with van der Waals surface area (Å²) >= 11 is 1.08. The Bertz CT molecular complexity index is 1610. The van der Waals surface area contributed by atoms with Gasteiger partial charge >= 0.3 is 5.97 Å². The molecule has 1 aliphatic rings. The number of amides is 1. The number of hydrogen-bond donors (Lipinski definition) is 1. The molecular weight excluding hydrogens is 496 g/mol. The van der Waals surface area contributed by atoms with Crippen molar-refractivity contribution in [2.75, 3.05) is 6.61 Å². The van der Waals surface area contributed by atoms with Crippen LogP contribution in [0, 0.1) is 6.92 Å². The fraction of sp³-hybridized carbons (Fsp3) is 0.129. The van der Waals surface area contributed by atoms with Crippen molar-refractivity contribution < 1.29 is 19.4 Å². The van der Waals surface area contributed by atoms with Gasteiger partial charge in [0, 0.05) is 34.8 Å². The molecule has 0 fully saturated rings. The molecule has 0 spiro atoms. The number of aliphatic hydroxyl groups excluding tert-OH is 1. The second kappa shape index (κ2) is 10.9. The molecule has 5 rings (SSSR count). The van der Waals surface area contributed by atoms with Crippen molar-refractivity contribution in [3.63, 3.8) is 0 Å². The van der Waals surface area contributed by atoms with Gasteiger partial charge in [-0.3, -0.25) is 4.79 Å². The molecule has 4 aromatic rings. The molecule has 0 atom stereocenters. The Balaban J connectivity index is 1.55. The predicted octanol–water partition coefficient (Wildman–Crippen LogP) is 6.70. The number of nitrogens with zero attached hydrogens (tertiary/aromatic N) is 2. The Morgan fingerprint density at radius 2 is 1.71 bits per heavy atom. The van der Waals surface area contributed by atoms with Crippen LogP contribution in [0.2, 0.25) is 0 Å². The van der Waals surface area contributed by atoms with Crippen LogP contribution in [0.5, 0.6) is 0 Å². The molecule has 1 amide bonds. The second-order valence-electron chi connectivity index (χ2n) is 8.86. The van der Waals surface area contributed by atoms with Crippen molar-refractivity contribution in [3.05, 3.63) is 124 Å². The van der Waals surface area contributed by atoms with Crippen LogP contribution in [0.15, 0.2) is 106 Å². The molecule has 3 aromatic carbocycles. The first kappa shape index (κ1) is 25.3. The van der Waals surface area contributed by atoms with Crippen LogP contribution in [0.25, 0.3) is 17.0 Å². The monoisotopic (exact) mass is 522 g/mol. The lowest BCUT2D eigenvalue weighted by atomic mass is 10.1. The zero-order valence-corrected chi connectivity index (χ0v) is 21.9. The molecule has 190 valence electrons. The van der Waals surface area contributed by atoms with E-state index in [4.69, 9.17) is 4.74 Å². The number of fused-ring (bicyclic) bond motifs is 1. The number of aliphatic imine (C=N–C) groups is 1. The van der Waals surface area contributed by atoms with E-state index in [0.29, 0.717) is 17.0 Å². The maximum absolute atomic E-state index is 12.9. The first-order valence-electron chi connectivity index (χ1n) is 12.3. The summed E-state index contributed by atoms with van der Waals surface area (Å²) < 4.78 is 7.33. The van der Waals surface area contributed by atoms with E-state index in [1.54, 1.807) is 19.1 Å². The number of para-hydroxylation sites is 1. The molecule has 7 heteroatoms.